The number of rotatable bonds is 7. The summed E-state index contributed by atoms with van der Waals surface area (Å²) in [6, 6.07) is 0. The molecule has 20 heavy (non-hydrogen) atoms. The lowest BCUT2D eigenvalue weighted by Crippen LogP contribution is -2.55. The fourth-order valence-corrected chi connectivity index (χ4v) is 1.70. The monoisotopic (exact) mass is 454 g/mol. The third-order valence-corrected chi connectivity index (χ3v) is 3.13. The van der Waals surface area contributed by atoms with Crippen LogP contribution in [0, 0.1) is 0 Å². The zero-order valence-corrected chi connectivity index (χ0v) is 11.8. The molecule has 0 radical (unpaired) electrons. The summed E-state index contributed by atoms with van der Waals surface area (Å²) in [6.45, 7) is 0. The van der Waals surface area contributed by atoms with Crippen molar-refractivity contribution in [1.82, 2.24) is 0 Å². The second kappa shape index (κ2) is 5.66. The molecular formula is C6H4F9IO3S. The van der Waals surface area contributed by atoms with E-state index in [0.717, 1.165) is 22.6 Å². The fourth-order valence-electron chi connectivity index (χ4n) is 0.701. The summed E-state index contributed by atoms with van der Waals surface area (Å²) < 4.78 is 133. The van der Waals surface area contributed by atoms with E-state index >= 15 is 0 Å². The average Bonchev–Trinajstić information content (AvgIpc) is 2.13. The molecule has 122 valence electrons. The van der Waals surface area contributed by atoms with Gasteiger partial charge < -0.3 is 0 Å². The van der Waals surface area contributed by atoms with Crippen molar-refractivity contribution < 1.29 is 52.2 Å². The quantitative estimate of drug-likeness (QED) is 0.256. The molecule has 0 spiro atoms. The number of halogens is 10. The molecule has 0 rings (SSSR count). The highest BCUT2D eigenvalue weighted by Gasteiger charge is 2.74. The van der Waals surface area contributed by atoms with E-state index in [1.807, 2.05) is 4.74 Å². The molecule has 0 saturated carbocycles. The molecule has 0 atom stereocenters. The summed E-state index contributed by atoms with van der Waals surface area (Å²) in [7, 11) is -7.38. The number of hydrogen-bond acceptors (Lipinski definition) is 3. The third kappa shape index (κ3) is 3.80. The maximum atomic E-state index is 12.7. The van der Waals surface area contributed by atoms with E-state index in [0.29, 0.717) is 0 Å². The van der Waals surface area contributed by atoms with Crippen molar-refractivity contribution in [2.24, 2.45) is 0 Å². The molecule has 0 amide bonds. The minimum Gasteiger partial charge on any atom is -0.245 e. The highest BCUT2D eigenvalue weighted by atomic mass is 127. The lowest BCUT2D eigenvalue weighted by molar-refractivity contribution is -0.455. The Morgan fingerprint density at radius 1 is 0.900 bits per heavy atom. The minimum atomic E-state index is -7.38. The SMILES string of the molecule is O=S(=O)(F)C(F)(F)C(F)(F)OC(F)(F)C(F)(F)CCI. The molecule has 0 saturated heterocycles. The zero-order valence-electron chi connectivity index (χ0n) is 8.83. The van der Waals surface area contributed by atoms with E-state index in [-0.39, 0.29) is 0 Å². The first-order valence-corrected chi connectivity index (χ1v) is 7.14. The van der Waals surface area contributed by atoms with Gasteiger partial charge in [0.25, 0.3) is 0 Å². The van der Waals surface area contributed by atoms with Crippen LogP contribution >= 0.6 is 22.6 Å². The molecule has 0 aliphatic carbocycles. The largest absolute Gasteiger partial charge is 0.464 e. The lowest BCUT2D eigenvalue weighted by atomic mass is 10.2. The standard InChI is InChI=1S/C6H4F9IO3S/c7-3(8,1-2-16)4(9,10)19-5(11,12)6(13,14)20(15,17)18/h1-2H2. The van der Waals surface area contributed by atoms with Gasteiger partial charge in [-0.3, -0.25) is 0 Å². The predicted octanol–water partition coefficient (Wildman–Crippen LogP) is 3.54. The van der Waals surface area contributed by atoms with Gasteiger partial charge in [0.2, 0.25) is 0 Å². The van der Waals surface area contributed by atoms with Crippen LogP contribution in [0.4, 0.5) is 39.0 Å². The maximum absolute atomic E-state index is 12.7. The summed E-state index contributed by atoms with van der Waals surface area (Å²) in [5.41, 5.74) is 0. The Morgan fingerprint density at radius 3 is 1.60 bits per heavy atom. The van der Waals surface area contributed by atoms with Crippen LogP contribution in [0.15, 0.2) is 0 Å². The predicted molar refractivity (Wildman–Crippen MR) is 54.4 cm³/mol. The Kier molecular flexibility index (Phi) is 5.66. The second-order valence-corrected chi connectivity index (χ2v) is 5.70. The van der Waals surface area contributed by atoms with Gasteiger partial charge in [-0.1, -0.05) is 26.5 Å². The van der Waals surface area contributed by atoms with Crippen molar-refractivity contribution in [3.8, 4) is 0 Å². The van der Waals surface area contributed by atoms with Crippen LogP contribution in [0.25, 0.3) is 0 Å². The van der Waals surface area contributed by atoms with Crippen molar-refractivity contribution in [3.63, 3.8) is 0 Å². The molecule has 14 heteroatoms. The van der Waals surface area contributed by atoms with Crippen LogP contribution in [-0.2, 0) is 15.0 Å². The molecular weight excluding hydrogens is 450 g/mol. The van der Waals surface area contributed by atoms with Crippen molar-refractivity contribution in [3.05, 3.63) is 0 Å². The first-order valence-electron chi connectivity index (χ1n) is 4.23. The third-order valence-electron chi connectivity index (χ3n) is 1.74. The number of alkyl halides is 9. The Balaban J connectivity index is 5.49. The van der Waals surface area contributed by atoms with Crippen molar-refractivity contribution in [1.29, 1.82) is 0 Å². The van der Waals surface area contributed by atoms with Gasteiger partial charge in [0, 0.05) is 10.8 Å². The smallest absolute Gasteiger partial charge is 0.245 e. The highest BCUT2D eigenvalue weighted by Crippen LogP contribution is 2.48. The van der Waals surface area contributed by atoms with Crippen LogP contribution < -0.4 is 0 Å². The number of hydrogen-bond donors (Lipinski definition) is 0. The van der Waals surface area contributed by atoms with E-state index in [9.17, 15) is 47.4 Å². The maximum Gasteiger partial charge on any atom is 0.464 e. The molecule has 0 aromatic rings. The van der Waals surface area contributed by atoms with Gasteiger partial charge in [0.15, 0.2) is 0 Å². The Morgan fingerprint density at radius 2 is 1.30 bits per heavy atom. The van der Waals surface area contributed by atoms with Crippen LogP contribution in [0.1, 0.15) is 6.42 Å². The van der Waals surface area contributed by atoms with E-state index in [4.69, 9.17) is 0 Å². The molecule has 3 nitrogen and oxygen atoms in total. The Hall–Kier alpha value is 0.01000. The molecule has 0 N–H and O–H groups in total. The van der Waals surface area contributed by atoms with Gasteiger partial charge >= 0.3 is 33.6 Å². The van der Waals surface area contributed by atoms with Gasteiger partial charge in [-0.2, -0.15) is 43.5 Å². The summed E-state index contributed by atoms with van der Waals surface area (Å²) in [5.74, 6) is -5.30. The van der Waals surface area contributed by atoms with Gasteiger partial charge in [0.1, 0.15) is 0 Å². The van der Waals surface area contributed by atoms with Crippen LogP contribution in [-0.4, -0.2) is 36.2 Å². The molecule has 0 heterocycles. The second-order valence-electron chi connectivity index (χ2n) is 3.23. The average molecular weight is 454 g/mol. The summed E-state index contributed by atoms with van der Waals surface area (Å²) >= 11 is 1.16. The van der Waals surface area contributed by atoms with Gasteiger partial charge in [-0.15, -0.1) is 0 Å². The Bertz CT molecular complexity index is 449. The Labute approximate surface area is 119 Å². The first kappa shape index (κ1) is 20.0. The summed E-state index contributed by atoms with van der Waals surface area (Å²) in [5, 5.41) is -6.76. The molecule has 0 unspecified atom stereocenters. The van der Waals surface area contributed by atoms with Gasteiger partial charge in [-0.05, 0) is 0 Å². The molecule has 0 aromatic carbocycles. The van der Waals surface area contributed by atoms with Gasteiger partial charge in [-0.25, -0.2) is 4.74 Å². The normalized spacial score (nSPS) is 15.5. The van der Waals surface area contributed by atoms with Crippen molar-refractivity contribution in [2.75, 3.05) is 4.43 Å². The molecule has 0 aliphatic heterocycles. The van der Waals surface area contributed by atoms with Crippen molar-refractivity contribution in [2.45, 2.75) is 29.8 Å². The number of ether oxygens (including phenoxy) is 1. The zero-order chi connectivity index (χ0) is 16.6. The summed E-state index contributed by atoms with van der Waals surface area (Å²) in [4.78, 5) is 0. The fraction of sp³-hybridized carbons (Fsp3) is 1.00. The summed E-state index contributed by atoms with van der Waals surface area (Å²) in [6.07, 6.45) is -14.6. The molecule has 0 bridgehead atoms. The lowest BCUT2D eigenvalue weighted by Gasteiger charge is -2.31. The van der Waals surface area contributed by atoms with Crippen LogP contribution in [0.3, 0.4) is 0 Å². The van der Waals surface area contributed by atoms with E-state index < -0.39 is 44.5 Å². The van der Waals surface area contributed by atoms with E-state index in [1.54, 1.807) is 0 Å². The van der Waals surface area contributed by atoms with E-state index in [2.05, 4.69) is 0 Å². The van der Waals surface area contributed by atoms with E-state index in [1.165, 1.54) is 0 Å². The first-order chi connectivity index (χ1) is 8.52. The molecule has 0 aliphatic rings. The highest BCUT2D eigenvalue weighted by molar-refractivity contribution is 14.1. The topological polar surface area (TPSA) is 43.4 Å². The van der Waals surface area contributed by atoms with Crippen molar-refractivity contribution >= 4 is 32.8 Å². The van der Waals surface area contributed by atoms with Crippen LogP contribution in [0.2, 0.25) is 0 Å². The minimum absolute atomic E-state index is 0.687. The van der Waals surface area contributed by atoms with Crippen LogP contribution in [0.5, 0.6) is 0 Å². The molecule has 0 aromatic heterocycles. The molecule has 0 fully saturated rings. The van der Waals surface area contributed by atoms with Gasteiger partial charge in [0.05, 0.1) is 0 Å².